The number of barbiturate groups is 1. The second kappa shape index (κ2) is 7.40. The second-order valence-corrected chi connectivity index (χ2v) is 6.27. The lowest BCUT2D eigenvalue weighted by molar-refractivity contribution is -0.131. The van der Waals surface area contributed by atoms with E-state index < -0.39 is 23.8 Å². The molecule has 1 aliphatic rings. The van der Waals surface area contributed by atoms with Crippen molar-refractivity contribution in [3.05, 3.63) is 58.6 Å². The fraction of sp³-hybridized carbons (Fsp3) is 0.105. The minimum absolute atomic E-state index is 0.226. The standard InChI is InChI=1S/C19H13ClN4O3/c1-11-3-2-4-14(7-11)24-18(26)15(17(25)23-19(24)27)10-22-16-8-13(20)6-5-12(16)9-21/h2-8,10,15H,1H3,(H,23,25,27)/t15-/m0/s1. The number of carbonyl (C=O) groups excluding carboxylic acids is 3. The zero-order valence-corrected chi connectivity index (χ0v) is 14.9. The molecule has 8 heteroatoms. The van der Waals surface area contributed by atoms with Crippen molar-refractivity contribution < 1.29 is 14.4 Å². The molecule has 1 aliphatic heterocycles. The fourth-order valence-corrected chi connectivity index (χ4v) is 2.76. The molecule has 0 radical (unpaired) electrons. The lowest BCUT2D eigenvalue weighted by atomic mass is 10.1. The van der Waals surface area contributed by atoms with Crippen LogP contribution in [0.2, 0.25) is 5.02 Å². The molecule has 0 bridgehead atoms. The molecule has 1 N–H and O–H groups in total. The normalized spacial score (nSPS) is 17.1. The van der Waals surface area contributed by atoms with Gasteiger partial charge in [0.1, 0.15) is 6.07 Å². The van der Waals surface area contributed by atoms with Gasteiger partial charge in [-0.15, -0.1) is 0 Å². The van der Waals surface area contributed by atoms with Crippen molar-refractivity contribution in [1.29, 1.82) is 5.26 Å². The number of urea groups is 1. The zero-order chi connectivity index (χ0) is 19.6. The summed E-state index contributed by atoms with van der Waals surface area (Å²) in [6.07, 6.45) is 1.11. The van der Waals surface area contributed by atoms with E-state index in [1.165, 1.54) is 18.2 Å². The van der Waals surface area contributed by atoms with Crippen molar-refractivity contribution in [2.75, 3.05) is 4.90 Å². The highest BCUT2D eigenvalue weighted by atomic mass is 35.5. The van der Waals surface area contributed by atoms with Gasteiger partial charge in [-0.3, -0.25) is 19.9 Å². The van der Waals surface area contributed by atoms with Crippen LogP contribution in [-0.2, 0) is 9.59 Å². The maximum absolute atomic E-state index is 12.8. The monoisotopic (exact) mass is 380 g/mol. The number of aryl methyl sites for hydroxylation is 1. The molecule has 2 aromatic carbocycles. The van der Waals surface area contributed by atoms with E-state index in [1.54, 1.807) is 18.2 Å². The summed E-state index contributed by atoms with van der Waals surface area (Å²) < 4.78 is 0. The van der Waals surface area contributed by atoms with E-state index in [2.05, 4.69) is 10.3 Å². The average molecular weight is 381 g/mol. The molecule has 0 saturated carbocycles. The first kappa shape index (κ1) is 18.3. The maximum Gasteiger partial charge on any atom is 0.335 e. The van der Waals surface area contributed by atoms with Crippen LogP contribution in [0.1, 0.15) is 11.1 Å². The third kappa shape index (κ3) is 3.71. The van der Waals surface area contributed by atoms with Crippen LogP contribution in [-0.4, -0.2) is 24.1 Å². The highest BCUT2D eigenvalue weighted by Crippen LogP contribution is 2.25. The third-order valence-electron chi connectivity index (χ3n) is 3.90. The Morgan fingerprint density at radius 1 is 1.22 bits per heavy atom. The van der Waals surface area contributed by atoms with Crippen molar-refractivity contribution in [2.24, 2.45) is 10.9 Å². The van der Waals surface area contributed by atoms with Gasteiger partial charge in [-0.05, 0) is 42.8 Å². The number of nitrogens with zero attached hydrogens (tertiary/aromatic N) is 3. The summed E-state index contributed by atoms with van der Waals surface area (Å²) >= 11 is 5.91. The predicted octanol–water partition coefficient (Wildman–Crippen LogP) is 3.12. The van der Waals surface area contributed by atoms with Crippen molar-refractivity contribution in [3.63, 3.8) is 0 Å². The summed E-state index contributed by atoms with van der Waals surface area (Å²) in [5, 5.41) is 11.6. The zero-order valence-electron chi connectivity index (χ0n) is 14.1. The molecule has 134 valence electrons. The number of carbonyl (C=O) groups is 3. The second-order valence-electron chi connectivity index (χ2n) is 5.84. The molecule has 1 saturated heterocycles. The molecule has 4 amide bonds. The Morgan fingerprint density at radius 2 is 2.00 bits per heavy atom. The summed E-state index contributed by atoms with van der Waals surface area (Å²) in [4.78, 5) is 42.0. The van der Waals surface area contributed by atoms with Crippen LogP contribution < -0.4 is 10.2 Å². The van der Waals surface area contributed by atoms with E-state index in [9.17, 15) is 14.4 Å². The van der Waals surface area contributed by atoms with Gasteiger partial charge in [-0.25, -0.2) is 9.69 Å². The van der Waals surface area contributed by atoms with E-state index in [-0.39, 0.29) is 11.3 Å². The number of hydrogen-bond donors (Lipinski definition) is 1. The van der Waals surface area contributed by atoms with Crippen molar-refractivity contribution in [2.45, 2.75) is 6.92 Å². The van der Waals surface area contributed by atoms with Crippen molar-refractivity contribution in [3.8, 4) is 6.07 Å². The van der Waals surface area contributed by atoms with Gasteiger partial charge in [0.05, 0.1) is 16.9 Å². The highest BCUT2D eigenvalue weighted by molar-refractivity contribution is 6.33. The van der Waals surface area contributed by atoms with Crippen LogP contribution in [0, 0.1) is 24.2 Å². The molecule has 0 aliphatic carbocycles. The molecule has 27 heavy (non-hydrogen) atoms. The van der Waals surface area contributed by atoms with Gasteiger partial charge in [0.2, 0.25) is 5.91 Å². The minimum Gasteiger partial charge on any atom is -0.276 e. The topological polar surface area (TPSA) is 103 Å². The first-order chi connectivity index (χ1) is 12.9. The number of amides is 4. The van der Waals surface area contributed by atoms with E-state index >= 15 is 0 Å². The Balaban J connectivity index is 1.95. The van der Waals surface area contributed by atoms with Crippen molar-refractivity contribution >= 4 is 47.0 Å². The summed E-state index contributed by atoms with van der Waals surface area (Å²) in [6.45, 7) is 1.82. The molecule has 1 heterocycles. The number of rotatable bonds is 3. The Hall–Kier alpha value is -3.50. The number of aliphatic imine (C=N–C) groups is 1. The number of benzene rings is 2. The molecular formula is C19H13ClN4O3. The fourth-order valence-electron chi connectivity index (χ4n) is 2.59. The van der Waals surface area contributed by atoms with Crippen LogP contribution in [0.15, 0.2) is 47.5 Å². The first-order valence-electron chi connectivity index (χ1n) is 7.90. The molecule has 1 atom stereocenters. The van der Waals surface area contributed by atoms with Crippen LogP contribution in [0.3, 0.4) is 0 Å². The number of nitriles is 1. The van der Waals surface area contributed by atoms with Crippen LogP contribution in [0.25, 0.3) is 0 Å². The number of nitrogens with one attached hydrogen (secondary N) is 1. The number of halogens is 1. The smallest absolute Gasteiger partial charge is 0.276 e. The van der Waals surface area contributed by atoms with Gasteiger partial charge in [0.15, 0.2) is 5.92 Å². The lowest BCUT2D eigenvalue weighted by Gasteiger charge is -2.28. The van der Waals surface area contributed by atoms with E-state index in [0.29, 0.717) is 10.7 Å². The van der Waals surface area contributed by atoms with E-state index in [1.807, 2.05) is 19.1 Å². The molecular weight excluding hydrogens is 368 g/mol. The number of imide groups is 2. The summed E-state index contributed by atoms with van der Waals surface area (Å²) in [7, 11) is 0. The quantitative estimate of drug-likeness (QED) is 0.652. The first-order valence-corrected chi connectivity index (χ1v) is 8.28. The molecule has 3 rings (SSSR count). The minimum atomic E-state index is -1.31. The summed E-state index contributed by atoms with van der Waals surface area (Å²) in [5.74, 6) is -2.81. The number of hydrogen-bond acceptors (Lipinski definition) is 5. The Bertz CT molecular complexity index is 1030. The lowest BCUT2D eigenvalue weighted by Crippen LogP contribution is -2.58. The largest absolute Gasteiger partial charge is 0.335 e. The highest BCUT2D eigenvalue weighted by Gasteiger charge is 2.40. The maximum atomic E-state index is 12.8. The molecule has 1 fully saturated rings. The number of anilines is 1. The molecule has 0 aromatic heterocycles. The molecule has 7 nitrogen and oxygen atoms in total. The van der Waals surface area contributed by atoms with Gasteiger partial charge in [0.25, 0.3) is 5.91 Å². The molecule has 0 spiro atoms. The Morgan fingerprint density at radius 3 is 2.70 bits per heavy atom. The van der Waals surface area contributed by atoms with E-state index in [4.69, 9.17) is 16.9 Å². The predicted molar refractivity (Wildman–Crippen MR) is 100 cm³/mol. The van der Waals surface area contributed by atoms with Gasteiger partial charge in [-0.2, -0.15) is 5.26 Å². The van der Waals surface area contributed by atoms with Crippen molar-refractivity contribution in [1.82, 2.24) is 5.32 Å². The van der Waals surface area contributed by atoms with Gasteiger partial charge in [-0.1, -0.05) is 23.7 Å². The molecule has 0 unspecified atom stereocenters. The average Bonchev–Trinajstić information content (AvgIpc) is 2.61. The molecule has 2 aromatic rings. The van der Waals surface area contributed by atoms with Gasteiger partial charge >= 0.3 is 6.03 Å². The van der Waals surface area contributed by atoms with Crippen LogP contribution >= 0.6 is 11.6 Å². The summed E-state index contributed by atoms with van der Waals surface area (Å²) in [6, 6.07) is 12.4. The van der Waals surface area contributed by atoms with Gasteiger partial charge in [0, 0.05) is 11.2 Å². The SMILES string of the molecule is Cc1cccc(N2C(=O)NC(=O)[C@H](C=Nc3cc(Cl)ccc3C#N)C2=O)c1. The Labute approximate surface area is 159 Å². The summed E-state index contributed by atoms with van der Waals surface area (Å²) in [5.41, 5.74) is 1.67. The van der Waals surface area contributed by atoms with Gasteiger partial charge < -0.3 is 0 Å². The Kier molecular flexibility index (Phi) is 5.01. The van der Waals surface area contributed by atoms with Crippen LogP contribution in [0.5, 0.6) is 0 Å². The third-order valence-corrected chi connectivity index (χ3v) is 4.14. The van der Waals surface area contributed by atoms with Crippen LogP contribution in [0.4, 0.5) is 16.2 Å². The van der Waals surface area contributed by atoms with E-state index in [0.717, 1.165) is 16.7 Å².